The molecule has 2 heterocycles. The van der Waals surface area contributed by atoms with Gasteiger partial charge < -0.3 is 14.7 Å². The monoisotopic (exact) mass is 387 g/mol. The van der Waals surface area contributed by atoms with Crippen LogP contribution in [0.25, 0.3) is 22.0 Å². The third-order valence-electron chi connectivity index (χ3n) is 5.31. The molecule has 0 aliphatic heterocycles. The molecule has 0 bridgehead atoms. The molecule has 0 spiro atoms. The summed E-state index contributed by atoms with van der Waals surface area (Å²) in [5.41, 5.74) is 2.15. The van der Waals surface area contributed by atoms with Crippen molar-refractivity contribution in [2.24, 2.45) is 5.14 Å². The van der Waals surface area contributed by atoms with Crippen LogP contribution in [0.1, 0.15) is 31.7 Å². The maximum atomic E-state index is 12.5. The van der Waals surface area contributed by atoms with Crippen LogP contribution in [0.2, 0.25) is 0 Å². The number of hydrogen-bond donors (Lipinski definition) is 3. The van der Waals surface area contributed by atoms with E-state index in [4.69, 9.17) is 5.14 Å². The van der Waals surface area contributed by atoms with Gasteiger partial charge >= 0.3 is 0 Å². The van der Waals surface area contributed by atoms with Crippen molar-refractivity contribution >= 4 is 20.9 Å². The number of H-pyrrole nitrogens is 1. The van der Waals surface area contributed by atoms with E-state index in [1.807, 2.05) is 12.3 Å². The fourth-order valence-electron chi connectivity index (χ4n) is 3.90. The summed E-state index contributed by atoms with van der Waals surface area (Å²) in [6, 6.07) is 8.31. The zero-order chi connectivity index (χ0) is 19.2. The lowest BCUT2D eigenvalue weighted by Crippen LogP contribution is -2.20. The van der Waals surface area contributed by atoms with Crippen LogP contribution in [-0.2, 0) is 10.0 Å². The van der Waals surface area contributed by atoms with Gasteiger partial charge in [0.05, 0.1) is 21.9 Å². The Bertz CT molecular complexity index is 1140. The zero-order valence-corrected chi connectivity index (χ0v) is 15.4. The molecule has 2 aromatic heterocycles. The molecule has 1 saturated carbocycles. The number of aromatic nitrogens is 2. The molecule has 1 aliphatic carbocycles. The van der Waals surface area contributed by atoms with E-state index in [-0.39, 0.29) is 22.6 Å². The van der Waals surface area contributed by atoms with Crippen molar-refractivity contribution in [3.63, 3.8) is 0 Å². The summed E-state index contributed by atoms with van der Waals surface area (Å²) < 4.78 is 25.1. The highest BCUT2D eigenvalue weighted by Crippen LogP contribution is 2.36. The molecule has 0 unspecified atom stereocenters. The lowest BCUT2D eigenvalue weighted by molar-refractivity contribution is 0.111. The minimum atomic E-state index is -3.77. The molecule has 0 amide bonds. The van der Waals surface area contributed by atoms with Gasteiger partial charge in [-0.2, -0.15) is 0 Å². The van der Waals surface area contributed by atoms with Gasteiger partial charge in [-0.05, 0) is 49.4 Å². The number of nitrogens with two attached hydrogens (primary N) is 1. The molecule has 1 fully saturated rings. The van der Waals surface area contributed by atoms with Crippen LogP contribution in [0.15, 0.2) is 52.4 Å². The minimum absolute atomic E-state index is 0.0326. The molecular weight excluding hydrogens is 366 g/mol. The van der Waals surface area contributed by atoms with E-state index in [1.54, 1.807) is 18.3 Å². The highest BCUT2D eigenvalue weighted by molar-refractivity contribution is 7.89. The Morgan fingerprint density at radius 1 is 1.07 bits per heavy atom. The summed E-state index contributed by atoms with van der Waals surface area (Å²) in [5.74, 6) is 0. The number of nitrogens with one attached hydrogen (secondary N) is 1. The highest BCUT2D eigenvalue weighted by atomic mass is 32.2. The van der Waals surface area contributed by atoms with Crippen molar-refractivity contribution in [2.75, 3.05) is 0 Å². The van der Waals surface area contributed by atoms with E-state index < -0.39 is 10.0 Å². The average Bonchev–Trinajstić information content (AvgIpc) is 3.03. The Morgan fingerprint density at radius 2 is 1.74 bits per heavy atom. The van der Waals surface area contributed by atoms with Gasteiger partial charge in [0.15, 0.2) is 0 Å². The Hall–Kier alpha value is -2.42. The quantitative estimate of drug-likeness (QED) is 0.638. The van der Waals surface area contributed by atoms with Crippen LogP contribution >= 0.6 is 0 Å². The van der Waals surface area contributed by atoms with Crippen LogP contribution in [0.4, 0.5) is 0 Å². The molecule has 0 saturated heterocycles. The topological polar surface area (TPSA) is 118 Å². The number of rotatable bonds is 3. The maximum absolute atomic E-state index is 12.5. The Labute approximate surface area is 156 Å². The second kappa shape index (κ2) is 6.63. The second-order valence-electron chi connectivity index (χ2n) is 7.05. The van der Waals surface area contributed by atoms with Gasteiger partial charge in [0.2, 0.25) is 10.0 Å². The molecule has 0 radical (unpaired) electrons. The number of benzene rings is 1. The minimum Gasteiger partial charge on any atom is -0.393 e. The first-order valence-electron chi connectivity index (χ1n) is 8.88. The first-order chi connectivity index (χ1) is 12.8. The fourth-order valence-corrected chi connectivity index (χ4v) is 4.41. The summed E-state index contributed by atoms with van der Waals surface area (Å²) in [5, 5.41) is 15.5. The number of sulfonamides is 1. The Morgan fingerprint density at radius 3 is 2.37 bits per heavy atom. The van der Waals surface area contributed by atoms with Crippen molar-refractivity contribution in [3.8, 4) is 11.1 Å². The van der Waals surface area contributed by atoms with Gasteiger partial charge in [-0.1, -0.05) is 12.1 Å². The molecule has 142 valence electrons. The number of aromatic amines is 1. The highest BCUT2D eigenvalue weighted by Gasteiger charge is 2.24. The molecule has 4 N–H and O–H groups in total. The average molecular weight is 387 g/mol. The predicted molar refractivity (Wildman–Crippen MR) is 103 cm³/mol. The van der Waals surface area contributed by atoms with Gasteiger partial charge in [0, 0.05) is 24.0 Å². The lowest BCUT2D eigenvalue weighted by atomic mass is 9.93. The largest absolute Gasteiger partial charge is 0.393 e. The van der Waals surface area contributed by atoms with E-state index in [9.17, 15) is 18.3 Å². The van der Waals surface area contributed by atoms with Crippen molar-refractivity contribution in [1.82, 2.24) is 9.55 Å². The van der Waals surface area contributed by atoms with Gasteiger partial charge in [0.1, 0.15) is 0 Å². The SMILES string of the molecule is NS(=O)(=O)c1ccc(-c2cn([C@H]3CC[C@@H](O)CC3)c3cc[nH]c(=O)c23)cc1. The smallest absolute Gasteiger partial charge is 0.258 e. The lowest BCUT2D eigenvalue weighted by Gasteiger charge is -2.27. The number of hydrogen-bond acceptors (Lipinski definition) is 4. The number of aliphatic hydroxyl groups excluding tert-OH is 1. The van der Waals surface area contributed by atoms with Crippen LogP contribution in [-0.4, -0.2) is 29.2 Å². The van der Waals surface area contributed by atoms with Crippen molar-refractivity contribution in [2.45, 2.75) is 42.7 Å². The van der Waals surface area contributed by atoms with Gasteiger partial charge in [0.25, 0.3) is 5.56 Å². The summed E-state index contributed by atoms with van der Waals surface area (Å²) in [7, 11) is -3.77. The van der Waals surface area contributed by atoms with Crippen molar-refractivity contribution in [1.29, 1.82) is 0 Å². The van der Waals surface area contributed by atoms with E-state index in [0.29, 0.717) is 5.39 Å². The molecule has 27 heavy (non-hydrogen) atoms. The number of nitrogens with zero attached hydrogens (tertiary/aromatic N) is 1. The number of pyridine rings is 1. The van der Waals surface area contributed by atoms with Crippen LogP contribution < -0.4 is 10.7 Å². The van der Waals surface area contributed by atoms with Gasteiger partial charge in [-0.3, -0.25) is 4.79 Å². The third-order valence-corrected chi connectivity index (χ3v) is 6.24. The predicted octanol–water partition coefficient (Wildman–Crippen LogP) is 2.12. The first-order valence-corrected chi connectivity index (χ1v) is 10.4. The molecule has 7 nitrogen and oxygen atoms in total. The van der Waals surface area contributed by atoms with Crippen LogP contribution in [0, 0.1) is 0 Å². The Kier molecular flexibility index (Phi) is 4.41. The standard InChI is InChI=1S/C19H21N3O4S/c20-27(25,26)15-7-1-12(2-8-15)16-11-22(13-3-5-14(23)6-4-13)17-9-10-21-19(24)18(16)17/h1-2,7-11,13-14,23H,3-6H2,(H,21,24)(H2,20,25,26)/t13-,14+. The zero-order valence-electron chi connectivity index (χ0n) is 14.6. The molecule has 8 heteroatoms. The van der Waals surface area contributed by atoms with Crippen molar-refractivity contribution in [3.05, 3.63) is 53.1 Å². The molecular formula is C19H21N3O4S. The molecule has 4 rings (SSSR count). The third kappa shape index (κ3) is 3.31. The van der Waals surface area contributed by atoms with Gasteiger partial charge in [-0.25, -0.2) is 13.6 Å². The summed E-state index contributed by atoms with van der Waals surface area (Å²) >= 11 is 0. The van der Waals surface area contributed by atoms with Crippen molar-refractivity contribution < 1.29 is 13.5 Å². The summed E-state index contributed by atoms with van der Waals surface area (Å²) in [6.45, 7) is 0. The number of fused-ring (bicyclic) bond motifs is 1. The first kappa shape index (κ1) is 18.0. The molecule has 3 aromatic rings. The molecule has 1 aromatic carbocycles. The second-order valence-corrected chi connectivity index (χ2v) is 8.61. The van der Waals surface area contributed by atoms with E-state index in [2.05, 4.69) is 9.55 Å². The Balaban J connectivity index is 1.85. The molecule has 1 aliphatic rings. The van der Waals surface area contributed by atoms with E-state index in [1.165, 1.54) is 12.1 Å². The normalized spacial score (nSPS) is 20.8. The molecule has 0 atom stereocenters. The number of aliphatic hydroxyl groups is 1. The van der Waals surface area contributed by atoms with Gasteiger partial charge in [-0.15, -0.1) is 0 Å². The summed E-state index contributed by atoms with van der Waals surface area (Å²) in [6.07, 6.45) is 6.51. The van der Waals surface area contributed by atoms with Crippen LogP contribution in [0.3, 0.4) is 0 Å². The van der Waals surface area contributed by atoms with E-state index in [0.717, 1.165) is 42.3 Å². The van der Waals surface area contributed by atoms with Crippen LogP contribution in [0.5, 0.6) is 0 Å². The maximum Gasteiger partial charge on any atom is 0.258 e. The van der Waals surface area contributed by atoms with E-state index >= 15 is 0 Å². The summed E-state index contributed by atoms with van der Waals surface area (Å²) in [4.78, 5) is 15.3. The fraction of sp³-hybridized carbons (Fsp3) is 0.316. The number of primary sulfonamides is 1.